The lowest BCUT2D eigenvalue weighted by Crippen LogP contribution is -2.38. The van der Waals surface area contributed by atoms with Crippen molar-refractivity contribution in [2.24, 2.45) is 5.41 Å². The summed E-state index contributed by atoms with van der Waals surface area (Å²) in [6.45, 7) is 2.58. The van der Waals surface area contributed by atoms with Crippen LogP contribution in [0.3, 0.4) is 0 Å². The Morgan fingerprint density at radius 3 is 2.67 bits per heavy atom. The fourth-order valence-electron chi connectivity index (χ4n) is 2.70. The highest BCUT2D eigenvalue weighted by atomic mass is 35.5. The van der Waals surface area contributed by atoms with Gasteiger partial charge in [-0.15, -0.1) is 0 Å². The molecule has 0 spiro atoms. The second-order valence-electron chi connectivity index (χ2n) is 6.36. The summed E-state index contributed by atoms with van der Waals surface area (Å²) < 4.78 is 31.3. The van der Waals surface area contributed by atoms with E-state index in [1.807, 2.05) is 20.8 Å². The smallest absolute Gasteiger partial charge is 0.387 e. The van der Waals surface area contributed by atoms with Crippen LogP contribution < -0.4 is 4.74 Å². The molecule has 0 fully saturated rings. The largest absolute Gasteiger partial charge is 0.434 e. The summed E-state index contributed by atoms with van der Waals surface area (Å²) >= 11 is 5.86. The second kappa shape index (κ2) is 7.44. The minimum absolute atomic E-state index is 0.0196. The third-order valence-corrected chi connectivity index (χ3v) is 4.24. The van der Waals surface area contributed by atoms with Crippen LogP contribution in [-0.2, 0) is 6.42 Å². The summed E-state index contributed by atoms with van der Waals surface area (Å²) in [5, 5.41) is 15.0. The first-order valence-corrected chi connectivity index (χ1v) is 7.84. The molecule has 24 heavy (non-hydrogen) atoms. The number of hydrogen-bond donors (Lipinski definition) is 1. The lowest BCUT2D eigenvalue weighted by atomic mass is 9.77. The zero-order chi connectivity index (χ0) is 17.9. The fourth-order valence-corrected chi connectivity index (χ4v) is 2.86. The molecule has 8 heteroatoms. The molecule has 0 saturated carbocycles. The van der Waals surface area contributed by atoms with Crippen LogP contribution in [0, 0.1) is 5.41 Å². The van der Waals surface area contributed by atoms with Crippen molar-refractivity contribution in [1.29, 1.82) is 0 Å². The molecule has 0 radical (unpaired) electrons. The summed E-state index contributed by atoms with van der Waals surface area (Å²) in [6, 6.07) is 4.27. The molecule has 2 unspecified atom stereocenters. The predicted octanol–water partition coefficient (Wildman–Crippen LogP) is 3.72. The van der Waals surface area contributed by atoms with E-state index in [9.17, 15) is 13.9 Å². The Bertz CT molecular complexity index is 665. The minimum Gasteiger partial charge on any atom is -0.434 e. The minimum atomic E-state index is -2.94. The average Bonchev–Trinajstić information content (AvgIpc) is 3.02. The number of hydrogen-bond acceptors (Lipinski definition) is 4. The number of nitrogens with zero attached hydrogens (tertiary/aromatic N) is 3. The molecule has 2 rings (SSSR count). The number of halogens is 3. The van der Waals surface area contributed by atoms with Gasteiger partial charge in [-0.2, -0.15) is 13.9 Å². The molecular formula is C16H20ClF2N3O2. The molecule has 2 aromatic rings. The summed E-state index contributed by atoms with van der Waals surface area (Å²) in [6.07, 6.45) is 2.46. The molecule has 0 bridgehead atoms. The molecule has 0 aliphatic rings. The molecule has 0 aliphatic carbocycles. The second-order valence-corrected chi connectivity index (χ2v) is 6.79. The normalized spacial score (nSPS) is 14.7. The summed E-state index contributed by atoms with van der Waals surface area (Å²) in [5.74, 6) is 0.0196. The van der Waals surface area contributed by atoms with Crippen molar-refractivity contribution in [1.82, 2.24) is 14.8 Å². The number of benzene rings is 1. The standard InChI is InChI=1S/C16H20ClF2N3O2/c1-10(22-9-20-8-21-22)14(23)16(2,3)7-11-4-5-12(17)6-13(11)24-15(18)19/h4-6,8-10,14-15,23H,7H2,1-3H3. The van der Waals surface area contributed by atoms with E-state index in [0.29, 0.717) is 17.0 Å². The van der Waals surface area contributed by atoms with E-state index in [0.717, 1.165) is 0 Å². The number of rotatable bonds is 7. The van der Waals surface area contributed by atoms with Crippen LogP contribution in [0.5, 0.6) is 5.75 Å². The number of alkyl halides is 2. The molecule has 1 N–H and O–H groups in total. The van der Waals surface area contributed by atoms with E-state index in [-0.39, 0.29) is 11.8 Å². The van der Waals surface area contributed by atoms with Crippen molar-refractivity contribution in [2.75, 3.05) is 0 Å². The zero-order valence-electron chi connectivity index (χ0n) is 13.7. The van der Waals surface area contributed by atoms with Gasteiger partial charge in [0.05, 0.1) is 12.1 Å². The van der Waals surface area contributed by atoms with Crippen LogP contribution in [0.1, 0.15) is 32.4 Å². The Kier molecular flexibility index (Phi) is 5.77. The third-order valence-electron chi connectivity index (χ3n) is 4.00. The summed E-state index contributed by atoms with van der Waals surface area (Å²) in [4.78, 5) is 3.87. The summed E-state index contributed by atoms with van der Waals surface area (Å²) in [7, 11) is 0. The first-order valence-electron chi connectivity index (χ1n) is 7.46. The Balaban J connectivity index is 2.22. The van der Waals surface area contributed by atoms with E-state index >= 15 is 0 Å². The lowest BCUT2D eigenvalue weighted by Gasteiger charge is -2.35. The van der Waals surface area contributed by atoms with E-state index in [2.05, 4.69) is 14.8 Å². The molecule has 1 aromatic heterocycles. The molecule has 5 nitrogen and oxygen atoms in total. The Morgan fingerprint density at radius 1 is 1.38 bits per heavy atom. The first kappa shape index (κ1) is 18.6. The van der Waals surface area contributed by atoms with Gasteiger partial charge in [0.1, 0.15) is 18.4 Å². The van der Waals surface area contributed by atoms with Gasteiger partial charge in [0.15, 0.2) is 0 Å². The van der Waals surface area contributed by atoms with Crippen LogP contribution in [0.25, 0.3) is 0 Å². The van der Waals surface area contributed by atoms with Crippen LogP contribution in [-0.4, -0.2) is 32.6 Å². The van der Waals surface area contributed by atoms with Crippen LogP contribution >= 0.6 is 11.6 Å². The molecule has 1 heterocycles. The zero-order valence-corrected chi connectivity index (χ0v) is 14.4. The van der Waals surface area contributed by atoms with Crippen molar-refractivity contribution >= 4 is 11.6 Å². The first-order chi connectivity index (χ1) is 11.2. The number of aliphatic hydroxyl groups excluding tert-OH is 1. The quantitative estimate of drug-likeness (QED) is 0.818. The molecule has 0 amide bonds. The highest BCUT2D eigenvalue weighted by Gasteiger charge is 2.34. The molecule has 1 aromatic carbocycles. The van der Waals surface area contributed by atoms with Crippen molar-refractivity contribution in [3.63, 3.8) is 0 Å². The predicted molar refractivity (Wildman–Crippen MR) is 86.3 cm³/mol. The van der Waals surface area contributed by atoms with Crippen molar-refractivity contribution < 1.29 is 18.6 Å². The maximum absolute atomic E-state index is 12.6. The Hall–Kier alpha value is -1.73. The molecule has 0 saturated heterocycles. The highest BCUT2D eigenvalue weighted by Crippen LogP contribution is 2.36. The van der Waals surface area contributed by atoms with E-state index in [1.54, 1.807) is 16.8 Å². The van der Waals surface area contributed by atoms with Crippen molar-refractivity contribution in [2.45, 2.75) is 45.9 Å². The topological polar surface area (TPSA) is 60.2 Å². The maximum Gasteiger partial charge on any atom is 0.387 e. The number of aliphatic hydroxyl groups is 1. The molecule has 0 aliphatic heterocycles. The monoisotopic (exact) mass is 359 g/mol. The van der Waals surface area contributed by atoms with Gasteiger partial charge in [-0.05, 0) is 36.5 Å². The van der Waals surface area contributed by atoms with Gasteiger partial charge < -0.3 is 9.84 Å². The van der Waals surface area contributed by atoms with Gasteiger partial charge >= 0.3 is 6.61 Å². The fraction of sp³-hybridized carbons (Fsp3) is 0.500. The van der Waals surface area contributed by atoms with Crippen molar-refractivity contribution in [3.05, 3.63) is 41.4 Å². The van der Waals surface area contributed by atoms with Gasteiger partial charge in [0.2, 0.25) is 0 Å². The van der Waals surface area contributed by atoms with E-state index in [4.69, 9.17) is 11.6 Å². The number of aromatic nitrogens is 3. The van der Waals surface area contributed by atoms with E-state index < -0.39 is 18.1 Å². The van der Waals surface area contributed by atoms with Crippen molar-refractivity contribution in [3.8, 4) is 5.75 Å². The van der Waals surface area contributed by atoms with Gasteiger partial charge in [-0.3, -0.25) is 0 Å². The molecule has 132 valence electrons. The van der Waals surface area contributed by atoms with Gasteiger partial charge in [0, 0.05) is 5.02 Å². The van der Waals surface area contributed by atoms with Crippen LogP contribution in [0.2, 0.25) is 5.02 Å². The van der Waals surface area contributed by atoms with Gasteiger partial charge in [0.25, 0.3) is 0 Å². The van der Waals surface area contributed by atoms with Crippen LogP contribution in [0.4, 0.5) is 8.78 Å². The lowest BCUT2D eigenvalue weighted by molar-refractivity contribution is -0.0512. The highest BCUT2D eigenvalue weighted by molar-refractivity contribution is 6.30. The molecular weight excluding hydrogens is 340 g/mol. The SMILES string of the molecule is CC(C(O)C(C)(C)Cc1ccc(Cl)cc1OC(F)F)n1cncn1. The maximum atomic E-state index is 12.6. The molecule has 2 atom stereocenters. The average molecular weight is 360 g/mol. The Morgan fingerprint density at radius 2 is 2.08 bits per heavy atom. The van der Waals surface area contributed by atoms with E-state index in [1.165, 1.54) is 18.7 Å². The third kappa shape index (κ3) is 4.42. The summed E-state index contributed by atoms with van der Waals surface area (Å²) in [5.41, 5.74) is -0.0751. The Labute approximate surface area is 144 Å². The number of ether oxygens (including phenoxy) is 1. The van der Waals surface area contributed by atoms with Gasteiger partial charge in [-0.25, -0.2) is 9.67 Å². The van der Waals surface area contributed by atoms with Crippen LogP contribution in [0.15, 0.2) is 30.9 Å². The van der Waals surface area contributed by atoms with Gasteiger partial charge in [-0.1, -0.05) is 31.5 Å².